The highest BCUT2D eigenvalue weighted by Gasteiger charge is 2.27. The summed E-state index contributed by atoms with van der Waals surface area (Å²) in [6.45, 7) is 5.59. The number of aryl methyl sites for hydroxylation is 2. The number of carbonyl (C=O) groups is 1. The third kappa shape index (κ3) is 3.90. The highest BCUT2D eigenvalue weighted by atomic mass is 32.1. The zero-order valence-corrected chi connectivity index (χ0v) is 14.6. The van der Waals surface area contributed by atoms with Crippen molar-refractivity contribution in [2.75, 3.05) is 13.1 Å². The van der Waals surface area contributed by atoms with E-state index in [1.54, 1.807) is 11.3 Å². The van der Waals surface area contributed by atoms with Gasteiger partial charge in [0, 0.05) is 37.4 Å². The summed E-state index contributed by atoms with van der Waals surface area (Å²) < 4.78 is 1.83. The molecule has 124 valence electrons. The molecule has 0 bridgehead atoms. The van der Waals surface area contributed by atoms with Crippen LogP contribution in [0.3, 0.4) is 0 Å². The predicted molar refractivity (Wildman–Crippen MR) is 90.4 cm³/mol. The normalized spacial score (nSPS) is 19.1. The Kier molecular flexibility index (Phi) is 4.66. The Morgan fingerprint density at radius 3 is 3.04 bits per heavy atom. The number of amides is 2. The largest absolute Gasteiger partial charge is 0.329 e. The van der Waals surface area contributed by atoms with Crippen molar-refractivity contribution in [3.63, 3.8) is 0 Å². The summed E-state index contributed by atoms with van der Waals surface area (Å²) in [6.07, 6.45) is 6.00. The molecule has 1 saturated heterocycles. The molecular formula is C16H23N5OS. The molecule has 7 heteroatoms. The minimum atomic E-state index is -0.0430. The number of nitrogens with zero attached hydrogens (tertiary/aromatic N) is 4. The molecule has 2 aromatic rings. The summed E-state index contributed by atoms with van der Waals surface area (Å²) in [5, 5.41) is 10.2. The highest BCUT2D eigenvalue weighted by molar-refractivity contribution is 7.09. The van der Waals surface area contributed by atoms with Crippen LogP contribution in [0, 0.1) is 12.8 Å². The molecule has 1 aliphatic rings. The highest BCUT2D eigenvalue weighted by Crippen LogP contribution is 2.22. The van der Waals surface area contributed by atoms with Gasteiger partial charge in [-0.1, -0.05) is 0 Å². The third-order valence-corrected chi connectivity index (χ3v) is 5.35. The van der Waals surface area contributed by atoms with Crippen LogP contribution in [0.25, 0.3) is 0 Å². The summed E-state index contributed by atoms with van der Waals surface area (Å²) in [5.74, 6) is 0.516. The van der Waals surface area contributed by atoms with Gasteiger partial charge in [0.25, 0.3) is 0 Å². The van der Waals surface area contributed by atoms with Gasteiger partial charge in [-0.3, -0.25) is 4.68 Å². The lowest BCUT2D eigenvalue weighted by molar-refractivity contribution is 0.203. The summed E-state index contributed by atoms with van der Waals surface area (Å²) >= 11 is 1.59. The van der Waals surface area contributed by atoms with Gasteiger partial charge >= 0.3 is 6.03 Å². The van der Waals surface area contributed by atoms with Crippen molar-refractivity contribution >= 4 is 17.4 Å². The number of hydrogen-bond donors (Lipinski definition) is 1. The van der Waals surface area contributed by atoms with Crippen LogP contribution >= 0.6 is 11.3 Å². The molecule has 6 nitrogen and oxygen atoms in total. The minimum absolute atomic E-state index is 0.0130. The summed E-state index contributed by atoms with van der Waals surface area (Å²) in [7, 11) is 1.93. The topological polar surface area (TPSA) is 63.1 Å². The van der Waals surface area contributed by atoms with Crippen molar-refractivity contribution in [3.8, 4) is 0 Å². The summed E-state index contributed by atoms with van der Waals surface area (Å²) in [4.78, 5) is 18.8. The fourth-order valence-electron chi connectivity index (χ4n) is 3.00. The SMILES string of the molecule is Cc1csc(C(C)NC(=O)N2CCC(Cc3cnn(C)c3)C2)n1. The molecule has 2 atom stereocenters. The van der Waals surface area contributed by atoms with Crippen LogP contribution < -0.4 is 5.32 Å². The van der Waals surface area contributed by atoms with Gasteiger partial charge in [0.15, 0.2) is 0 Å². The molecule has 0 radical (unpaired) electrons. The maximum absolute atomic E-state index is 12.4. The molecule has 2 unspecified atom stereocenters. The number of carbonyl (C=O) groups excluding carboxylic acids is 1. The van der Waals surface area contributed by atoms with Crippen LogP contribution in [0.15, 0.2) is 17.8 Å². The Balaban J connectivity index is 1.51. The summed E-state index contributed by atoms with van der Waals surface area (Å²) in [6, 6.07) is -0.0300. The molecule has 3 rings (SSSR count). The Hall–Kier alpha value is -1.89. The molecule has 1 fully saturated rings. The van der Waals surface area contributed by atoms with Gasteiger partial charge in [-0.15, -0.1) is 11.3 Å². The van der Waals surface area contributed by atoms with Crippen molar-refractivity contribution in [1.29, 1.82) is 0 Å². The Morgan fingerprint density at radius 2 is 2.39 bits per heavy atom. The molecule has 0 saturated carbocycles. The number of hydrogen-bond acceptors (Lipinski definition) is 4. The van der Waals surface area contributed by atoms with E-state index >= 15 is 0 Å². The number of aromatic nitrogens is 3. The van der Waals surface area contributed by atoms with E-state index in [4.69, 9.17) is 0 Å². The van der Waals surface area contributed by atoms with E-state index in [0.29, 0.717) is 5.92 Å². The second-order valence-corrected chi connectivity index (χ2v) is 7.22. The fraction of sp³-hybridized carbons (Fsp3) is 0.562. The second kappa shape index (κ2) is 6.70. The first-order valence-electron chi connectivity index (χ1n) is 7.96. The van der Waals surface area contributed by atoms with Crippen molar-refractivity contribution < 1.29 is 4.79 Å². The zero-order chi connectivity index (χ0) is 16.4. The van der Waals surface area contributed by atoms with E-state index in [0.717, 1.165) is 36.6 Å². The van der Waals surface area contributed by atoms with Gasteiger partial charge in [0.05, 0.1) is 12.2 Å². The zero-order valence-electron chi connectivity index (χ0n) is 13.8. The van der Waals surface area contributed by atoms with Gasteiger partial charge in [-0.25, -0.2) is 9.78 Å². The van der Waals surface area contributed by atoms with Crippen LogP contribution in [0.5, 0.6) is 0 Å². The van der Waals surface area contributed by atoms with E-state index in [-0.39, 0.29) is 12.1 Å². The Bertz CT molecular complexity index is 680. The molecule has 0 spiro atoms. The first-order valence-corrected chi connectivity index (χ1v) is 8.84. The lowest BCUT2D eigenvalue weighted by Gasteiger charge is -2.20. The Morgan fingerprint density at radius 1 is 1.57 bits per heavy atom. The van der Waals surface area contributed by atoms with Gasteiger partial charge < -0.3 is 10.2 Å². The van der Waals surface area contributed by atoms with Gasteiger partial charge in [-0.05, 0) is 38.2 Å². The lowest BCUT2D eigenvalue weighted by Crippen LogP contribution is -2.39. The standard InChI is InChI=1S/C16H23N5OS/c1-11-10-23-15(18-11)12(2)19-16(22)21-5-4-13(9-21)6-14-7-17-20(3)8-14/h7-8,10,12-13H,4-6,9H2,1-3H3,(H,19,22). The maximum atomic E-state index is 12.4. The average molecular weight is 333 g/mol. The molecule has 23 heavy (non-hydrogen) atoms. The van der Waals surface area contributed by atoms with Gasteiger partial charge in [-0.2, -0.15) is 5.10 Å². The molecule has 1 aliphatic heterocycles. The fourth-order valence-corrected chi connectivity index (χ4v) is 3.81. The Labute approximate surface area is 140 Å². The number of thiazole rings is 1. The molecule has 0 aliphatic carbocycles. The van der Waals surface area contributed by atoms with Crippen LogP contribution in [-0.2, 0) is 13.5 Å². The van der Waals surface area contributed by atoms with Gasteiger partial charge in [0.1, 0.15) is 5.01 Å². The lowest BCUT2D eigenvalue weighted by atomic mass is 10.0. The van der Waals surface area contributed by atoms with E-state index in [1.807, 2.05) is 42.1 Å². The van der Waals surface area contributed by atoms with Crippen LogP contribution in [0.4, 0.5) is 4.79 Å². The molecule has 0 aromatic carbocycles. The first-order chi connectivity index (χ1) is 11.0. The van der Waals surface area contributed by atoms with Crippen molar-refractivity contribution in [2.24, 2.45) is 13.0 Å². The van der Waals surface area contributed by atoms with Crippen LogP contribution in [-0.4, -0.2) is 38.8 Å². The van der Waals surface area contributed by atoms with E-state index in [1.165, 1.54) is 5.56 Å². The quantitative estimate of drug-likeness (QED) is 0.935. The molecular weight excluding hydrogens is 310 g/mol. The van der Waals surface area contributed by atoms with E-state index in [2.05, 4.69) is 21.6 Å². The van der Waals surface area contributed by atoms with Gasteiger partial charge in [0.2, 0.25) is 0 Å². The van der Waals surface area contributed by atoms with Crippen molar-refractivity contribution in [3.05, 3.63) is 34.0 Å². The maximum Gasteiger partial charge on any atom is 0.317 e. The monoisotopic (exact) mass is 333 g/mol. The smallest absolute Gasteiger partial charge is 0.317 e. The molecule has 1 N–H and O–H groups in total. The first kappa shape index (κ1) is 16.0. The molecule has 3 heterocycles. The second-order valence-electron chi connectivity index (χ2n) is 6.33. The van der Waals surface area contributed by atoms with E-state index in [9.17, 15) is 4.79 Å². The average Bonchev–Trinajstić information content (AvgIpc) is 3.21. The minimum Gasteiger partial charge on any atom is -0.329 e. The predicted octanol–water partition coefficient (Wildman–Crippen LogP) is 2.52. The van der Waals surface area contributed by atoms with Crippen LogP contribution in [0.1, 0.15) is 35.7 Å². The van der Waals surface area contributed by atoms with E-state index < -0.39 is 0 Å². The molecule has 2 aromatic heterocycles. The van der Waals surface area contributed by atoms with Crippen molar-refractivity contribution in [1.82, 2.24) is 25.0 Å². The van der Waals surface area contributed by atoms with Crippen molar-refractivity contribution in [2.45, 2.75) is 32.7 Å². The summed E-state index contributed by atoms with van der Waals surface area (Å²) in [5.41, 5.74) is 2.25. The third-order valence-electron chi connectivity index (χ3n) is 4.20. The number of urea groups is 1. The van der Waals surface area contributed by atoms with Crippen LogP contribution in [0.2, 0.25) is 0 Å². The molecule has 2 amide bonds. The number of likely N-dealkylation sites (tertiary alicyclic amines) is 1. The number of nitrogens with one attached hydrogen (secondary N) is 1. The number of rotatable bonds is 4.